The van der Waals surface area contributed by atoms with Crippen LogP contribution in [0.1, 0.15) is 18.9 Å². The van der Waals surface area contributed by atoms with Crippen LogP contribution in [0, 0.1) is 5.92 Å². The van der Waals surface area contributed by atoms with Crippen LogP contribution in [0.3, 0.4) is 0 Å². The minimum Gasteiger partial charge on any atom is -0.491 e. The van der Waals surface area contributed by atoms with Crippen LogP contribution in [-0.2, 0) is 6.18 Å². The molecule has 0 saturated heterocycles. The minimum atomic E-state index is -4.32. The predicted octanol–water partition coefficient (Wildman–Crippen LogP) is 2.88. The minimum absolute atomic E-state index is 0.0966. The van der Waals surface area contributed by atoms with E-state index >= 15 is 0 Å². The van der Waals surface area contributed by atoms with Gasteiger partial charge in [0.2, 0.25) is 0 Å². The number of hydrogen-bond donors (Lipinski definition) is 2. The molecule has 0 bridgehead atoms. The summed E-state index contributed by atoms with van der Waals surface area (Å²) < 4.78 is 42.9. The van der Waals surface area contributed by atoms with E-state index in [2.05, 4.69) is 5.32 Å². The fraction of sp³-hybridized carbons (Fsp3) is 0.429. The average Bonchev–Trinajstić information content (AvgIpc) is 2.74. The first kappa shape index (κ1) is 14.6. The Morgan fingerprint density at radius 1 is 1.35 bits per heavy atom. The lowest BCUT2D eigenvalue weighted by Crippen LogP contribution is -2.21. The summed E-state index contributed by atoms with van der Waals surface area (Å²) in [6.07, 6.45) is -1.72. The first-order valence-corrected chi connectivity index (χ1v) is 6.39. The van der Waals surface area contributed by atoms with E-state index in [0.717, 1.165) is 25.1 Å². The molecule has 0 radical (unpaired) electrons. The van der Waals surface area contributed by atoms with E-state index in [-0.39, 0.29) is 6.10 Å². The summed E-state index contributed by atoms with van der Waals surface area (Å²) in [5.41, 5.74) is 4.94. The number of benzene rings is 1. The molecule has 0 amide bonds. The Morgan fingerprint density at radius 3 is 2.50 bits per heavy atom. The molecule has 20 heavy (non-hydrogen) atoms. The summed E-state index contributed by atoms with van der Waals surface area (Å²) in [4.78, 5) is 0. The lowest BCUT2D eigenvalue weighted by Gasteiger charge is -2.17. The molecule has 0 aromatic heterocycles. The predicted molar refractivity (Wildman–Crippen MR) is 69.9 cm³/mol. The summed E-state index contributed by atoms with van der Waals surface area (Å²) >= 11 is 0. The molecule has 0 spiro atoms. The molecule has 3 N–H and O–H groups in total. The fourth-order valence-corrected chi connectivity index (χ4v) is 2.20. The van der Waals surface area contributed by atoms with Gasteiger partial charge in [0.15, 0.2) is 0 Å². The summed E-state index contributed by atoms with van der Waals surface area (Å²) in [6, 6.07) is 4.74. The van der Waals surface area contributed by atoms with E-state index < -0.39 is 11.7 Å². The first-order valence-electron chi connectivity index (χ1n) is 6.39. The Bertz CT molecular complexity index is 482. The highest BCUT2D eigenvalue weighted by Crippen LogP contribution is 2.30. The van der Waals surface area contributed by atoms with Crippen LogP contribution in [-0.4, -0.2) is 12.6 Å². The molecule has 110 valence electrons. The highest BCUT2D eigenvalue weighted by molar-refractivity contribution is 5.29. The van der Waals surface area contributed by atoms with Crippen molar-refractivity contribution in [1.82, 2.24) is 5.32 Å². The van der Waals surface area contributed by atoms with Gasteiger partial charge in [-0.3, -0.25) is 0 Å². The van der Waals surface area contributed by atoms with Crippen LogP contribution >= 0.6 is 0 Å². The normalized spacial score (nSPS) is 20.2. The van der Waals surface area contributed by atoms with E-state index in [9.17, 15) is 13.2 Å². The van der Waals surface area contributed by atoms with Gasteiger partial charge in [0, 0.05) is 12.5 Å². The molecular formula is C14H17F3N2O. The smallest absolute Gasteiger partial charge is 0.416 e. The zero-order valence-electron chi connectivity index (χ0n) is 11.1. The molecule has 0 saturated carbocycles. The monoisotopic (exact) mass is 286 g/mol. The number of alkyl halides is 3. The maximum Gasteiger partial charge on any atom is 0.416 e. The van der Waals surface area contributed by atoms with Crippen LogP contribution in [0.5, 0.6) is 5.75 Å². The zero-order valence-corrected chi connectivity index (χ0v) is 11.1. The Hall–Kier alpha value is -1.85. The molecule has 6 heteroatoms. The topological polar surface area (TPSA) is 47.3 Å². The molecule has 0 aliphatic carbocycles. The van der Waals surface area contributed by atoms with Gasteiger partial charge in [-0.15, -0.1) is 0 Å². The van der Waals surface area contributed by atoms with E-state index in [0.29, 0.717) is 17.5 Å². The largest absolute Gasteiger partial charge is 0.491 e. The highest BCUT2D eigenvalue weighted by atomic mass is 19.4. The molecule has 0 unspecified atom stereocenters. The molecule has 1 aliphatic heterocycles. The first-order chi connectivity index (χ1) is 9.34. The number of hydrogen-bond acceptors (Lipinski definition) is 3. The number of ether oxygens (including phenoxy) is 1. The number of nitrogens with two attached hydrogens (primary N) is 1. The summed E-state index contributed by atoms with van der Waals surface area (Å²) in [7, 11) is 0. The molecule has 3 nitrogen and oxygen atoms in total. The van der Waals surface area contributed by atoms with E-state index in [1.807, 2.05) is 13.0 Å². The van der Waals surface area contributed by atoms with Gasteiger partial charge in [0.25, 0.3) is 0 Å². The summed E-state index contributed by atoms with van der Waals surface area (Å²) in [5, 5.41) is 3.02. The van der Waals surface area contributed by atoms with Gasteiger partial charge in [-0.2, -0.15) is 13.2 Å². The van der Waals surface area contributed by atoms with E-state index in [1.165, 1.54) is 12.1 Å². The van der Waals surface area contributed by atoms with E-state index in [1.54, 1.807) is 0 Å². The molecule has 1 aliphatic rings. The third kappa shape index (κ3) is 3.82. The van der Waals surface area contributed by atoms with Crippen molar-refractivity contribution in [2.24, 2.45) is 11.7 Å². The van der Waals surface area contributed by atoms with Crippen molar-refractivity contribution in [3.63, 3.8) is 0 Å². The van der Waals surface area contributed by atoms with Crippen molar-refractivity contribution in [3.8, 4) is 5.75 Å². The SMILES string of the molecule is C[C@@H](C[C@H]1C=C(N)NC1)Oc1ccc(C(F)(F)F)cc1. The van der Waals surface area contributed by atoms with Crippen molar-refractivity contribution in [2.45, 2.75) is 25.6 Å². The maximum atomic E-state index is 12.4. The second-order valence-corrected chi connectivity index (χ2v) is 4.95. The summed E-state index contributed by atoms with van der Waals surface area (Å²) in [6.45, 7) is 2.66. The second kappa shape index (κ2) is 5.64. The van der Waals surface area contributed by atoms with E-state index in [4.69, 9.17) is 10.5 Å². The van der Waals surface area contributed by atoms with Gasteiger partial charge >= 0.3 is 6.18 Å². The third-order valence-corrected chi connectivity index (χ3v) is 3.14. The quantitative estimate of drug-likeness (QED) is 0.894. The van der Waals surface area contributed by atoms with Crippen molar-refractivity contribution >= 4 is 0 Å². The highest BCUT2D eigenvalue weighted by Gasteiger charge is 2.30. The standard InChI is InChI=1S/C14H17F3N2O/c1-9(6-10-7-13(18)19-8-10)20-12-4-2-11(3-5-12)14(15,16)17/h2-5,7,9-10,19H,6,8,18H2,1H3/t9-,10-/m0/s1. The number of nitrogens with one attached hydrogen (secondary N) is 1. The lowest BCUT2D eigenvalue weighted by atomic mass is 10.0. The van der Waals surface area contributed by atoms with Crippen LogP contribution in [0.15, 0.2) is 36.2 Å². The van der Waals surface area contributed by atoms with Crippen LogP contribution < -0.4 is 15.8 Å². The second-order valence-electron chi connectivity index (χ2n) is 4.95. The average molecular weight is 286 g/mol. The van der Waals surface area contributed by atoms with Crippen LogP contribution in [0.4, 0.5) is 13.2 Å². The Morgan fingerprint density at radius 2 is 2.00 bits per heavy atom. The Balaban J connectivity index is 1.90. The maximum absolute atomic E-state index is 12.4. The number of rotatable bonds is 4. The molecular weight excluding hydrogens is 269 g/mol. The third-order valence-electron chi connectivity index (χ3n) is 3.14. The van der Waals surface area contributed by atoms with Gasteiger partial charge in [-0.1, -0.05) is 0 Å². The van der Waals surface area contributed by atoms with Gasteiger partial charge in [0.1, 0.15) is 5.75 Å². The fourth-order valence-electron chi connectivity index (χ4n) is 2.20. The van der Waals surface area contributed by atoms with Gasteiger partial charge in [-0.25, -0.2) is 0 Å². The number of halogens is 3. The zero-order chi connectivity index (χ0) is 14.8. The molecule has 1 heterocycles. The summed E-state index contributed by atoms with van der Waals surface area (Å²) in [5.74, 6) is 1.39. The van der Waals surface area contributed by atoms with Crippen LogP contribution in [0.2, 0.25) is 0 Å². The van der Waals surface area contributed by atoms with Crippen molar-refractivity contribution < 1.29 is 17.9 Å². The Kier molecular flexibility index (Phi) is 4.11. The van der Waals surface area contributed by atoms with Crippen LogP contribution in [0.25, 0.3) is 0 Å². The van der Waals surface area contributed by atoms with Gasteiger partial charge < -0.3 is 15.8 Å². The van der Waals surface area contributed by atoms with Gasteiger partial charge in [0.05, 0.1) is 17.5 Å². The van der Waals surface area contributed by atoms with Gasteiger partial charge in [-0.05, 0) is 43.7 Å². The molecule has 1 aromatic carbocycles. The molecule has 2 rings (SSSR count). The lowest BCUT2D eigenvalue weighted by molar-refractivity contribution is -0.137. The Labute approximate surface area is 115 Å². The van der Waals surface area contributed by atoms with Crippen molar-refractivity contribution in [3.05, 3.63) is 41.7 Å². The van der Waals surface area contributed by atoms with Crippen molar-refractivity contribution in [2.75, 3.05) is 6.54 Å². The molecule has 1 aromatic rings. The van der Waals surface area contributed by atoms with Crippen molar-refractivity contribution in [1.29, 1.82) is 0 Å². The molecule has 0 fully saturated rings. The molecule has 2 atom stereocenters.